The van der Waals surface area contributed by atoms with Crippen molar-refractivity contribution < 1.29 is 19.7 Å². The van der Waals surface area contributed by atoms with E-state index in [-0.39, 0.29) is 52.6 Å². The summed E-state index contributed by atoms with van der Waals surface area (Å²) < 4.78 is 5.52. The summed E-state index contributed by atoms with van der Waals surface area (Å²) in [7, 11) is 0. The van der Waals surface area contributed by atoms with E-state index in [1.807, 2.05) is 107 Å². The molecule has 2 aromatic rings. The minimum atomic E-state index is -1.50. The summed E-state index contributed by atoms with van der Waals surface area (Å²) in [4.78, 5) is 13.6. The number of aromatic hydroxyl groups is 2. The van der Waals surface area contributed by atoms with Crippen LogP contribution in [-0.2, 0) is 44.0 Å². The average Bonchev–Trinajstić information content (AvgIpc) is 2.77. The summed E-state index contributed by atoms with van der Waals surface area (Å²) in [5.41, 5.74) is 1.82. The Morgan fingerprint density at radius 3 is 1.15 bits per heavy atom. The van der Waals surface area contributed by atoms with Crippen LogP contribution in [0.25, 0.3) is 0 Å². The van der Waals surface area contributed by atoms with E-state index in [4.69, 9.17) is 4.74 Å². The Kier molecular flexibility index (Phi) is 9.22. The molecule has 2 aromatic carbocycles. The minimum Gasteiger partial charge on any atom is -0.507 e. The van der Waals surface area contributed by atoms with Crippen molar-refractivity contribution in [3.63, 3.8) is 0 Å². The molecule has 2 rings (SSSR count). The summed E-state index contributed by atoms with van der Waals surface area (Å²) in [5.74, 6) is -0.0564. The molecule has 5 nitrogen and oxygen atoms in total. The first-order valence-electron chi connectivity index (χ1n) is 14.3. The smallest absolute Gasteiger partial charge is 0.327 e. The van der Waals surface area contributed by atoms with E-state index in [1.54, 1.807) is 6.92 Å². The van der Waals surface area contributed by atoms with Crippen molar-refractivity contribution in [1.29, 1.82) is 5.26 Å². The monoisotopic (exact) mass is 549 g/mol. The third kappa shape index (κ3) is 7.19. The molecule has 0 amide bonds. The van der Waals surface area contributed by atoms with E-state index in [2.05, 4.69) is 6.07 Å². The molecule has 40 heavy (non-hydrogen) atoms. The number of hydrogen-bond donors (Lipinski definition) is 2. The zero-order valence-corrected chi connectivity index (χ0v) is 27.1. The van der Waals surface area contributed by atoms with Gasteiger partial charge in [-0.05, 0) is 62.0 Å². The number of phenolic OH excluding ortho intramolecular Hbond substituents is 2. The second kappa shape index (κ2) is 11.1. The molecular weight excluding hydrogens is 498 g/mol. The van der Waals surface area contributed by atoms with Crippen molar-refractivity contribution in [2.45, 2.75) is 125 Å². The van der Waals surface area contributed by atoms with Crippen LogP contribution in [0.3, 0.4) is 0 Å². The van der Waals surface area contributed by atoms with Gasteiger partial charge in [-0.25, -0.2) is 0 Å². The summed E-state index contributed by atoms with van der Waals surface area (Å²) >= 11 is 0. The van der Waals surface area contributed by atoms with Gasteiger partial charge in [-0.3, -0.25) is 4.79 Å². The number of carbonyl (C=O) groups is 1. The van der Waals surface area contributed by atoms with Gasteiger partial charge in [0, 0.05) is 12.8 Å². The molecule has 0 radical (unpaired) electrons. The largest absolute Gasteiger partial charge is 0.507 e. The molecule has 0 aliphatic rings. The van der Waals surface area contributed by atoms with E-state index in [1.165, 1.54) is 0 Å². The summed E-state index contributed by atoms with van der Waals surface area (Å²) in [6.07, 6.45) is 0.261. The molecule has 0 spiro atoms. The average molecular weight is 550 g/mol. The third-order valence-corrected chi connectivity index (χ3v) is 7.46. The second-order valence-corrected chi connectivity index (χ2v) is 15.3. The SMILES string of the molecule is CCOC(=O)C(C#N)(Cc1cc(C(C)(C)C)c(O)c(C(C)(C)C)c1)Cc1cc(C(C)(C)C)c(O)c(C(C)(C)C)c1. The molecule has 0 aromatic heterocycles. The zero-order chi connectivity index (χ0) is 31.1. The molecule has 2 N–H and O–H groups in total. The Balaban J connectivity index is 2.85. The fraction of sp³-hybridized carbons (Fsp3) is 0.600. The lowest BCUT2D eigenvalue weighted by atomic mass is 9.72. The van der Waals surface area contributed by atoms with Gasteiger partial charge in [0.25, 0.3) is 0 Å². The van der Waals surface area contributed by atoms with E-state index < -0.39 is 11.4 Å². The Morgan fingerprint density at radius 2 is 0.950 bits per heavy atom. The van der Waals surface area contributed by atoms with Crippen LogP contribution in [0.4, 0.5) is 0 Å². The van der Waals surface area contributed by atoms with Crippen LogP contribution < -0.4 is 0 Å². The fourth-order valence-corrected chi connectivity index (χ4v) is 5.18. The van der Waals surface area contributed by atoms with Gasteiger partial charge in [-0.1, -0.05) is 107 Å². The van der Waals surface area contributed by atoms with Gasteiger partial charge >= 0.3 is 5.97 Å². The van der Waals surface area contributed by atoms with E-state index >= 15 is 0 Å². The zero-order valence-electron chi connectivity index (χ0n) is 27.1. The molecule has 0 bridgehead atoms. The van der Waals surface area contributed by atoms with E-state index in [0.717, 1.165) is 33.4 Å². The first-order valence-corrected chi connectivity index (χ1v) is 14.3. The molecule has 0 aliphatic carbocycles. The molecule has 0 atom stereocenters. The summed E-state index contributed by atoms with van der Waals surface area (Å²) in [6, 6.07) is 10.1. The van der Waals surface area contributed by atoms with Crippen molar-refractivity contribution in [3.05, 3.63) is 57.6 Å². The molecule has 0 saturated heterocycles. The number of esters is 1. The van der Waals surface area contributed by atoms with Crippen molar-refractivity contribution in [2.24, 2.45) is 5.41 Å². The predicted molar refractivity (Wildman–Crippen MR) is 163 cm³/mol. The number of rotatable bonds is 6. The van der Waals surface area contributed by atoms with Gasteiger partial charge < -0.3 is 14.9 Å². The number of nitrogens with zero attached hydrogens (tertiary/aromatic N) is 1. The maximum atomic E-state index is 13.6. The van der Waals surface area contributed by atoms with Gasteiger partial charge in [0.1, 0.15) is 11.5 Å². The molecular formula is C35H51NO4. The summed E-state index contributed by atoms with van der Waals surface area (Å²) in [5, 5.41) is 33.1. The van der Waals surface area contributed by atoms with Gasteiger partial charge in [-0.15, -0.1) is 0 Å². The maximum Gasteiger partial charge on any atom is 0.327 e. The van der Waals surface area contributed by atoms with Gasteiger partial charge in [0.05, 0.1) is 12.7 Å². The first-order chi connectivity index (χ1) is 18.0. The predicted octanol–water partition coefficient (Wildman–Crippen LogP) is 8.15. The van der Waals surface area contributed by atoms with Gasteiger partial charge in [-0.2, -0.15) is 5.26 Å². The maximum absolute atomic E-state index is 13.6. The second-order valence-electron chi connectivity index (χ2n) is 15.3. The van der Waals surface area contributed by atoms with Crippen molar-refractivity contribution in [2.75, 3.05) is 6.61 Å². The molecule has 0 saturated carbocycles. The highest BCUT2D eigenvalue weighted by molar-refractivity contribution is 5.81. The number of phenols is 2. The van der Waals surface area contributed by atoms with Crippen LogP contribution in [-0.4, -0.2) is 22.8 Å². The highest BCUT2D eigenvalue weighted by Gasteiger charge is 2.42. The van der Waals surface area contributed by atoms with Crippen LogP contribution in [0, 0.1) is 16.7 Å². The first kappa shape index (κ1) is 33.2. The molecule has 5 heteroatoms. The number of carbonyl (C=O) groups excluding carboxylic acids is 1. The lowest BCUT2D eigenvalue weighted by molar-refractivity contribution is -0.152. The minimum absolute atomic E-state index is 0.130. The summed E-state index contributed by atoms with van der Waals surface area (Å²) in [6.45, 7) is 26.4. The molecule has 0 unspecified atom stereocenters. The molecule has 0 heterocycles. The van der Waals surface area contributed by atoms with E-state index in [9.17, 15) is 20.3 Å². The van der Waals surface area contributed by atoms with Crippen LogP contribution >= 0.6 is 0 Å². The van der Waals surface area contributed by atoms with Gasteiger partial charge in [0.15, 0.2) is 5.41 Å². The lowest BCUT2D eigenvalue weighted by Gasteiger charge is -2.31. The number of ether oxygens (including phenoxy) is 1. The Hall–Kier alpha value is -3.00. The number of nitriles is 1. The van der Waals surface area contributed by atoms with Crippen LogP contribution in [0.5, 0.6) is 11.5 Å². The van der Waals surface area contributed by atoms with Crippen LogP contribution in [0.15, 0.2) is 24.3 Å². The molecule has 0 aliphatic heterocycles. The Bertz CT molecular complexity index is 1130. The Labute approximate surface area is 242 Å². The van der Waals surface area contributed by atoms with Crippen molar-refractivity contribution in [1.82, 2.24) is 0 Å². The van der Waals surface area contributed by atoms with Crippen molar-refractivity contribution in [3.8, 4) is 17.6 Å². The third-order valence-electron chi connectivity index (χ3n) is 7.46. The number of hydrogen-bond acceptors (Lipinski definition) is 5. The standard InChI is InChI=1S/C35H51NO4/c1-14-40-30(39)35(21-36,19-22-15-24(31(2,3)4)28(37)25(16-22)32(5,6)7)20-23-17-26(33(8,9)10)29(38)27(18-23)34(11,12)13/h15-18,37-38H,14,19-20H2,1-13H3. The van der Waals surface area contributed by atoms with Crippen LogP contribution in [0.2, 0.25) is 0 Å². The molecule has 220 valence electrons. The normalized spacial score (nSPS) is 13.2. The Morgan fingerprint density at radius 1 is 0.675 bits per heavy atom. The van der Waals surface area contributed by atoms with Crippen LogP contribution in [0.1, 0.15) is 123 Å². The topological polar surface area (TPSA) is 90.6 Å². The number of benzene rings is 2. The highest BCUT2D eigenvalue weighted by atomic mass is 16.5. The highest BCUT2D eigenvalue weighted by Crippen LogP contribution is 2.44. The van der Waals surface area contributed by atoms with E-state index in [0.29, 0.717) is 0 Å². The van der Waals surface area contributed by atoms with Gasteiger partial charge in [0.2, 0.25) is 0 Å². The fourth-order valence-electron chi connectivity index (χ4n) is 5.18. The lowest BCUT2D eigenvalue weighted by Crippen LogP contribution is -2.36. The van der Waals surface area contributed by atoms with Crippen molar-refractivity contribution >= 4 is 5.97 Å². The quantitative estimate of drug-likeness (QED) is 0.355. The molecule has 0 fully saturated rings.